The number of alkyl halides is 3. The highest BCUT2D eigenvalue weighted by Crippen LogP contribution is 2.38. The van der Waals surface area contributed by atoms with Gasteiger partial charge in [-0.25, -0.2) is 0 Å². The number of imide groups is 1. The third-order valence-electron chi connectivity index (χ3n) is 4.61. The summed E-state index contributed by atoms with van der Waals surface area (Å²) >= 11 is 0. The first-order valence-electron chi connectivity index (χ1n) is 7.85. The molecule has 2 aliphatic rings. The van der Waals surface area contributed by atoms with Crippen molar-refractivity contribution in [1.29, 1.82) is 5.26 Å². The Bertz CT molecular complexity index is 777. The fourth-order valence-electron chi connectivity index (χ4n) is 3.39. The summed E-state index contributed by atoms with van der Waals surface area (Å²) in [5.74, 6) is -1.00. The van der Waals surface area contributed by atoms with Crippen LogP contribution >= 0.6 is 0 Å². The molecule has 1 aromatic rings. The number of likely N-dealkylation sites (tertiary alicyclic amines) is 1. The van der Waals surface area contributed by atoms with E-state index >= 15 is 0 Å². The van der Waals surface area contributed by atoms with Crippen LogP contribution in [-0.2, 0) is 24.1 Å². The van der Waals surface area contributed by atoms with Gasteiger partial charge in [0.15, 0.2) is 0 Å². The molecule has 0 unspecified atom stereocenters. The maximum Gasteiger partial charge on any atom is 0.416 e. The van der Waals surface area contributed by atoms with Gasteiger partial charge in [-0.05, 0) is 29.2 Å². The van der Waals surface area contributed by atoms with Gasteiger partial charge in [0.25, 0.3) is 5.91 Å². The second kappa shape index (κ2) is 6.15. The summed E-state index contributed by atoms with van der Waals surface area (Å²) in [6.45, 7) is 2.41. The summed E-state index contributed by atoms with van der Waals surface area (Å²) in [5.41, 5.74) is -0.650. The molecule has 0 radical (unpaired) electrons. The SMILES string of the molecule is CC(=O)N1Cc2c(cc(CN3CC(CC#N)C3)cc2C(F)(F)F)C1=O. The predicted molar refractivity (Wildman–Crippen MR) is 81.0 cm³/mol. The maximum absolute atomic E-state index is 13.4. The minimum Gasteiger partial charge on any atom is -0.298 e. The molecule has 0 spiro atoms. The van der Waals surface area contributed by atoms with Crippen molar-refractivity contribution in [3.05, 3.63) is 34.4 Å². The molecule has 0 aromatic heterocycles. The Labute approximate surface area is 142 Å². The molecule has 0 saturated carbocycles. The standard InChI is InChI=1S/C17H16F3N3O2/c1-10(24)23-9-14-13(16(23)25)4-12(5-15(14)17(18,19)20)8-22-6-11(7-22)2-3-21/h4-5,11H,2,6-9H2,1H3. The number of carbonyl (C=O) groups excluding carboxylic acids is 2. The zero-order valence-corrected chi connectivity index (χ0v) is 13.6. The molecule has 5 nitrogen and oxygen atoms in total. The normalized spacial score (nSPS) is 18.0. The Morgan fingerprint density at radius 1 is 1.36 bits per heavy atom. The number of amides is 2. The fraction of sp³-hybridized carbons (Fsp3) is 0.471. The molecule has 0 aliphatic carbocycles. The van der Waals surface area contributed by atoms with Gasteiger partial charge >= 0.3 is 6.18 Å². The molecule has 1 aromatic carbocycles. The van der Waals surface area contributed by atoms with E-state index in [1.165, 1.54) is 6.07 Å². The maximum atomic E-state index is 13.4. The molecule has 2 aliphatic heterocycles. The van der Waals surface area contributed by atoms with Crippen LogP contribution in [0.1, 0.15) is 40.4 Å². The van der Waals surface area contributed by atoms with Gasteiger partial charge in [-0.1, -0.05) is 0 Å². The summed E-state index contributed by atoms with van der Waals surface area (Å²) in [6.07, 6.45) is -4.16. The highest BCUT2D eigenvalue weighted by atomic mass is 19.4. The van der Waals surface area contributed by atoms with E-state index in [0.29, 0.717) is 25.1 Å². The highest BCUT2D eigenvalue weighted by molar-refractivity contribution is 6.07. The van der Waals surface area contributed by atoms with E-state index in [1.807, 2.05) is 4.90 Å². The molecule has 0 N–H and O–H groups in total. The van der Waals surface area contributed by atoms with Crippen molar-refractivity contribution >= 4 is 11.8 Å². The molecule has 0 bridgehead atoms. The van der Waals surface area contributed by atoms with E-state index in [0.717, 1.165) is 17.9 Å². The summed E-state index contributed by atoms with van der Waals surface area (Å²) < 4.78 is 40.2. The molecule has 25 heavy (non-hydrogen) atoms. The van der Waals surface area contributed by atoms with Crippen LogP contribution in [0.3, 0.4) is 0 Å². The zero-order valence-electron chi connectivity index (χ0n) is 13.6. The first kappa shape index (κ1) is 17.4. The van der Waals surface area contributed by atoms with Crippen LogP contribution in [0.4, 0.5) is 13.2 Å². The molecule has 2 heterocycles. The zero-order chi connectivity index (χ0) is 18.4. The summed E-state index contributed by atoms with van der Waals surface area (Å²) in [4.78, 5) is 26.5. The quantitative estimate of drug-likeness (QED) is 0.840. The second-order valence-corrected chi connectivity index (χ2v) is 6.50. The number of nitrogens with zero attached hydrogens (tertiary/aromatic N) is 3. The monoisotopic (exact) mass is 351 g/mol. The molecule has 2 amide bonds. The van der Waals surface area contributed by atoms with Crippen LogP contribution in [0.15, 0.2) is 12.1 Å². The van der Waals surface area contributed by atoms with Gasteiger partial charge in [-0.2, -0.15) is 18.4 Å². The van der Waals surface area contributed by atoms with Gasteiger partial charge in [-0.3, -0.25) is 19.4 Å². The third kappa shape index (κ3) is 3.24. The van der Waals surface area contributed by atoms with Gasteiger partial charge in [0.05, 0.1) is 18.2 Å². The highest BCUT2D eigenvalue weighted by Gasteiger charge is 2.41. The van der Waals surface area contributed by atoms with Crippen LogP contribution in [-0.4, -0.2) is 34.7 Å². The topological polar surface area (TPSA) is 64.4 Å². The van der Waals surface area contributed by atoms with Gasteiger partial charge in [0.2, 0.25) is 5.91 Å². The molecule has 1 fully saturated rings. The van der Waals surface area contributed by atoms with Crippen LogP contribution in [0.25, 0.3) is 0 Å². The Morgan fingerprint density at radius 2 is 2.04 bits per heavy atom. The van der Waals surface area contributed by atoms with E-state index < -0.39 is 23.6 Å². The number of benzene rings is 1. The summed E-state index contributed by atoms with van der Waals surface area (Å²) in [5, 5.41) is 8.65. The summed E-state index contributed by atoms with van der Waals surface area (Å²) in [7, 11) is 0. The van der Waals surface area contributed by atoms with Crippen molar-refractivity contribution in [2.75, 3.05) is 13.1 Å². The average Bonchev–Trinajstić information content (AvgIpc) is 2.81. The molecular formula is C17H16F3N3O2. The van der Waals surface area contributed by atoms with Crippen LogP contribution in [0.2, 0.25) is 0 Å². The predicted octanol–water partition coefficient (Wildman–Crippen LogP) is 2.55. The van der Waals surface area contributed by atoms with Gasteiger partial charge in [0, 0.05) is 38.5 Å². The third-order valence-corrected chi connectivity index (χ3v) is 4.61. The van der Waals surface area contributed by atoms with Crippen molar-refractivity contribution in [2.45, 2.75) is 32.6 Å². The Hall–Kier alpha value is -2.40. The number of hydrogen-bond acceptors (Lipinski definition) is 4. The molecule has 8 heteroatoms. The van der Waals surface area contributed by atoms with Crippen molar-refractivity contribution < 1.29 is 22.8 Å². The minimum atomic E-state index is -4.59. The lowest BCUT2D eigenvalue weighted by Gasteiger charge is -2.38. The summed E-state index contributed by atoms with van der Waals surface area (Å²) in [6, 6.07) is 4.60. The van der Waals surface area contributed by atoms with E-state index in [1.54, 1.807) is 0 Å². The lowest BCUT2D eigenvalue weighted by Crippen LogP contribution is -2.45. The molecular weight excluding hydrogens is 335 g/mol. The molecule has 3 rings (SSSR count). The van der Waals surface area contributed by atoms with Crippen molar-refractivity contribution in [1.82, 2.24) is 9.80 Å². The van der Waals surface area contributed by atoms with E-state index in [-0.39, 0.29) is 30.1 Å². The Morgan fingerprint density at radius 3 is 2.60 bits per heavy atom. The van der Waals surface area contributed by atoms with Gasteiger partial charge in [0.1, 0.15) is 0 Å². The van der Waals surface area contributed by atoms with Crippen LogP contribution < -0.4 is 0 Å². The first-order valence-corrected chi connectivity index (χ1v) is 7.85. The van der Waals surface area contributed by atoms with Gasteiger partial charge < -0.3 is 0 Å². The molecule has 132 valence electrons. The lowest BCUT2D eigenvalue weighted by atomic mass is 9.94. The Kier molecular flexibility index (Phi) is 4.29. The van der Waals surface area contributed by atoms with Crippen LogP contribution in [0, 0.1) is 17.2 Å². The van der Waals surface area contributed by atoms with Gasteiger partial charge in [-0.15, -0.1) is 0 Å². The number of rotatable bonds is 3. The fourth-order valence-corrected chi connectivity index (χ4v) is 3.39. The van der Waals surface area contributed by atoms with E-state index in [2.05, 4.69) is 6.07 Å². The first-order chi connectivity index (χ1) is 11.7. The second-order valence-electron chi connectivity index (χ2n) is 6.50. The lowest BCUT2D eigenvalue weighted by molar-refractivity contribution is -0.139. The Balaban J connectivity index is 1.89. The number of halogens is 3. The minimum absolute atomic E-state index is 0.0471. The molecule has 1 saturated heterocycles. The molecule has 0 atom stereocenters. The number of carbonyl (C=O) groups is 2. The smallest absolute Gasteiger partial charge is 0.298 e. The van der Waals surface area contributed by atoms with E-state index in [4.69, 9.17) is 5.26 Å². The number of nitriles is 1. The van der Waals surface area contributed by atoms with E-state index in [9.17, 15) is 22.8 Å². The average molecular weight is 351 g/mol. The number of fused-ring (bicyclic) bond motifs is 1. The van der Waals surface area contributed by atoms with Crippen molar-refractivity contribution in [2.24, 2.45) is 5.92 Å². The largest absolute Gasteiger partial charge is 0.416 e. The van der Waals surface area contributed by atoms with Crippen LogP contribution in [0.5, 0.6) is 0 Å². The number of hydrogen-bond donors (Lipinski definition) is 0. The van der Waals surface area contributed by atoms with Crippen molar-refractivity contribution in [3.63, 3.8) is 0 Å². The van der Waals surface area contributed by atoms with Crippen molar-refractivity contribution in [3.8, 4) is 6.07 Å².